The standard InChI is InChI=1S/C20H22ClN3OS/c1-2-9-22-20(25)15-24-12-10-23(11-13-24)14-16-7-8-19(26-16)17-5-3-4-6-18(17)21/h1,3-8H,9-15H2,(H,22,25). The van der Waals surface area contributed by atoms with Crippen LogP contribution in [0.25, 0.3) is 10.4 Å². The van der Waals surface area contributed by atoms with Gasteiger partial charge in [-0.1, -0.05) is 35.7 Å². The van der Waals surface area contributed by atoms with Gasteiger partial charge in [-0.15, -0.1) is 17.8 Å². The number of nitrogens with one attached hydrogen (secondary N) is 1. The number of carbonyl (C=O) groups is 1. The van der Waals surface area contributed by atoms with Crippen LogP contribution in [0.3, 0.4) is 0 Å². The van der Waals surface area contributed by atoms with Crippen LogP contribution in [0.5, 0.6) is 0 Å². The van der Waals surface area contributed by atoms with Gasteiger partial charge in [0, 0.05) is 53.1 Å². The zero-order valence-electron chi connectivity index (χ0n) is 14.6. The number of nitrogens with zero attached hydrogens (tertiary/aromatic N) is 2. The first-order chi connectivity index (χ1) is 12.7. The minimum Gasteiger partial charge on any atom is -0.344 e. The Morgan fingerprint density at radius 2 is 1.88 bits per heavy atom. The van der Waals surface area contributed by atoms with Crippen LogP contribution in [0.1, 0.15) is 4.88 Å². The lowest BCUT2D eigenvalue weighted by Gasteiger charge is -2.33. The van der Waals surface area contributed by atoms with Crippen molar-refractivity contribution >= 4 is 28.8 Å². The summed E-state index contributed by atoms with van der Waals surface area (Å²) in [5, 5.41) is 3.50. The van der Waals surface area contributed by atoms with Gasteiger partial charge in [0.1, 0.15) is 0 Å². The van der Waals surface area contributed by atoms with Gasteiger partial charge in [0.2, 0.25) is 5.91 Å². The maximum atomic E-state index is 11.7. The number of piperazine rings is 1. The van der Waals surface area contributed by atoms with Crippen LogP contribution in [0.15, 0.2) is 36.4 Å². The zero-order valence-corrected chi connectivity index (χ0v) is 16.2. The van der Waals surface area contributed by atoms with Gasteiger partial charge in [-0.05, 0) is 18.2 Å². The number of terminal acetylenes is 1. The minimum atomic E-state index is -0.000890. The molecular formula is C20H22ClN3OS. The van der Waals surface area contributed by atoms with E-state index in [4.69, 9.17) is 18.0 Å². The summed E-state index contributed by atoms with van der Waals surface area (Å²) in [5.41, 5.74) is 1.09. The maximum Gasteiger partial charge on any atom is 0.234 e. The SMILES string of the molecule is C#CCNC(=O)CN1CCN(Cc2ccc(-c3ccccc3Cl)s2)CC1. The van der Waals surface area contributed by atoms with Crippen LogP contribution in [0.2, 0.25) is 5.02 Å². The highest BCUT2D eigenvalue weighted by atomic mass is 35.5. The smallest absolute Gasteiger partial charge is 0.234 e. The summed E-state index contributed by atoms with van der Waals surface area (Å²) >= 11 is 8.09. The molecule has 0 aliphatic carbocycles. The summed E-state index contributed by atoms with van der Waals surface area (Å²) in [6.07, 6.45) is 5.16. The lowest BCUT2D eigenvalue weighted by Crippen LogP contribution is -2.49. The molecule has 0 atom stereocenters. The summed E-state index contributed by atoms with van der Waals surface area (Å²) in [7, 11) is 0. The molecule has 136 valence electrons. The van der Waals surface area contributed by atoms with Crippen molar-refractivity contribution < 1.29 is 4.79 Å². The maximum absolute atomic E-state index is 11.7. The van der Waals surface area contributed by atoms with Crippen molar-refractivity contribution in [2.45, 2.75) is 6.54 Å². The molecule has 3 rings (SSSR count). The third-order valence-electron chi connectivity index (χ3n) is 4.40. The van der Waals surface area contributed by atoms with Crippen molar-refractivity contribution in [1.29, 1.82) is 0 Å². The second-order valence-electron chi connectivity index (χ2n) is 6.28. The number of rotatable bonds is 6. The van der Waals surface area contributed by atoms with Crippen molar-refractivity contribution in [3.63, 3.8) is 0 Å². The molecule has 0 spiro atoms. The number of hydrogen-bond donors (Lipinski definition) is 1. The number of carbonyl (C=O) groups excluding carboxylic acids is 1. The Morgan fingerprint density at radius 3 is 2.62 bits per heavy atom. The average molecular weight is 388 g/mol. The summed E-state index contributed by atoms with van der Waals surface area (Å²) in [4.78, 5) is 18.9. The Bertz CT molecular complexity index is 790. The highest BCUT2D eigenvalue weighted by molar-refractivity contribution is 7.15. The molecule has 2 aromatic rings. The molecule has 1 saturated heterocycles. The molecule has 1 aliphatic rings. The van der Waals surface area contributed by atoms with Crippen molar-refractivity contribution in [2.24, 2.45) is 0 Å². The lowest BCUT2D eigenvalue weighted by molar-refractivity contribution is -0.122. The molecule has 1 aromatic heterocycles. The highest BCUT2D eigenvalue weighted by Gasteiger charge is 2.19. The van der Waals surface area contributed by atoms with Crippen LogP contribution in [0.4, 0.5) is 0 Å². The topological polar surface area (TPSA) is 35.6 Å². The van der Waals surface area contributed by atoms with E-state index in [2.05, 4.69) is 39.2 Å². The Balaban J connectivity index is 1.49. The van der Waals surface area contributed by atoms with E-state index in [1.807, 2.05) is 18.2 Å². The van der Waals surface area contributed by atoms with Crippen molar-refractivity contribution in [2.75, 3.05) is 39.3 Å². The van der Waals surface area contributed by atoms with E-state index in [1.54, 1.807) is 11.3 Å². The van der Waals surface area contributed by atoms with Gasteiger partial charge in [-0.25, -0.2) is 0 Å². The van der Waals surface area contributed by atoms with Gasteiger partial charge in [0.25, 0.3) is 0 Å². The Labute approximate surface area is 163 Å². The molecule has 1 aromatic carbocycles. The van der Waals surface area contributed by atoms with Gasteiger partial charge in [-0.3, -0.25) is 14.6 Å². The largest absolute Gasteiger partial charge is 0.344 e. The Hall–Kier alpha value is -1.84. The number of amides is 1. The normalized spacial score (nSPS) is 15.5. The number of benzene rings is 1. The van der Waals surface area contributed by atoms with E-state index in [0.717, 1.165) is 43.3 Å². The van der Waals surface area contributed by atoms with E-state index >= 15 is 0 Å². The first-order valence-corrected chi connectivity index (χ1v) is 9.83. The minimum absolute atomic E-state index is 0.000890. The second kappa shape index (κ2) is 9.20. The molecular weight excluding hydrogens is 366 g/mol. The lowest BCUT2D eigenvalue weighted by atomic mass is 10.2. The predicted octanol–water partition coefficient (Wildman–Crippen LogP) is 2.94. The quantitative estimate of drug-likeness (QED) is 0.774. The van der Waals surface area contributed by atoms with Gasteiger partial charge in [0.15, 0.2) is 0 Å². The molecule has 1 amide bonds. The summed E-state index contributed by atoms with van der Waals surface area (Å²) < 4.78 is 0. The van der Waals surface area contributed by atoms with E-state index in [0.29, 0.717) is 13.1 Å². The van der Waals surface area contributed by atoms with Crippen molar-refractivity contribution in [1.82, 2.24) is 15.1 Å². The highest BCUT2D eigenvalue weighted by Crippen LogP contribution is 2.33. The van der Waals surface area contributed by atoms with Gasteiger partial charge in [0.05, 0.1) is 13.1 Å². The molecule has 0 unspecified atom stereocenters. The van der Waals surface area contributed by atoms with Gasteiger partial charge >= 0.3 is 0 Å². The molecule has 1 fully saturated rings. The molecule has 2 heterocycles. The fourth-order valence-electron chi connectivity index (χ4n) is 3.00. The second-order valence-corrected chi connectivity index (χ2v) is 7.85. The van der Waals surface area contributed by atoms with Gasteiger partial charge < -0.3 is 5.32 Å². The van der Waals surface area contributed by atoms with Crippen LogP contribution >= 0.6 is 22.9 Å². The van der Waals surface area contributed by atoms with Crippen LogP contribution in [0, 0.1) is 12.3 Å². The summed E-state index contributed by atoms with van der Waals surface area (Å²) in [6, 6.07) is 12.3. The van der Waals surface area contributed by atoms with E-state index in [-0.39, 0.29) is 5.91 Å². The van der Waals surface area contributed by atoms with E-state index < -0.39 is 0 Å². The van der Waals surface area contributed by atoms with Crippen molar-refractivity contribution in [3.05, 3.63) is 46.3 Å². The fraction of sp³-hybridized carbons (Fsp3) is 0.350. The first kappa shape index (κ1) is 18.9. The number of thiophene rings is 1. The average Bonchev–Trinajstić information content (AvgIpc) is 3.10. The molecule has 0 bridgehead atoms. The summed E-state index contributed by atoms with van der Waals surface area (Å²) in [6.45, 7) is 5.37. The van der Waals surface area contributed by atoms with Crippen LogP contribution in [-0.2, 0) is 11.3 Å². The number of hydrogen-bond acceptors (Lipinski definition) is 4. The molecule has 26 heavy (non-hydrogen) atoms. The number of halogens is 1. The molecule has 1 aliphatic heterocycles. The van der Waals surface area contributed by atoms with Crippen LogP contribution in [-0.4, -0.2) is 55.0 Å². The monoisotopic (exact) mass is 387 g/mol. The van der Waals surface area contributed by atoms with E-state index in [9.17, 15) is 4.79 Å². The van der Waals surface area contributed by atoms with Gasteiger partial charge in [-0.2, -0.15) is 0 Å². The fourth-order valence-corrected chi connectivity index (χ4v) is 4.39. The molecule has 0 radical (unpaired) electrons. The first-order valence-electron chi connectivity index (χ1n) is 8.64. The van der Waals surface area contributed by atoms with Crippen molar-refractivity contribution in [3.8, 4) is 22.8 Å². The third-order valence-corrected chi connectivity index (χ3v) is 5.83. The van der Waals surface area contributed by atoms with E-state index in [1.165, 1.54) is 9.75 Å². The third kappa shape index (κ3) is 5.09. The Morgan fingerprint density at radius 1 is 1.15 bits per heavy atom. The molecule has 4 nitrogen and oxygen atoms in total. The predicted molar refractivity (Wildman–Crippen MR) is 108 cm³/mol. The Kier molecular flexibility index (Phi) is 6.70. The molecule has 0 saturated carbocycles. The molecule has 1 N–H and O–H groups in total. The zero-order chi connectivity index (χ0) is 18.4. The van der Waals surface area contributed by atoms with Crippen LogP contribution < -0.4 is 5.32 Å². The molecule has 6 heteroatoms. The summed E-state index contributed by atoms with van der Waals surface area (Å²) in [5.74, 6) is 2.42.